The summed E-state index contributed by atoms with van der Waals surface area (Å²) < 4.78 is 40.5. The standard InChI is InChI=1S/C13H18FNO3S/c1-9-2-4-11(6-9)15-19(17,18)13-7-10(8-16)3-5-12(13)14/h3,5,7,9,11,15-16H,2,4,6,8H2,1H3. The van der Waals surface area contributed by atoms with Crippen molar-refractivity contribution in [3.63, 3.8) is 0 Å². The molecule has 0 amide bonds. The van der Waals surface area contributed by atoms with Crippen LogP contribution in [0.4, 0.5) is 4.39 Å². The van der Waals surface area contributed by atoms with Gasteiger partial charge >= 0.3 is 0 Å². The Balaban J connectivity index is 2.24. The van der Waals surface area contributed by atoms with Crippen molar-refractivity contribution >= 4 is 10.0 Å². The highest BCUT2D eigenvalue weighted by Gasteiger charge is 2.28. The molecule has 1 aromatic rings. The van der Waals surface area contributed by atoms with Gasteiger partial charge in [0.25, 0.3) is 0 Å². The molecule has 2 unspecified atom stereocenters. The van der Waals surface area contributed by atoms with Crippen LogP contribution in [-0.2, 0) is 16.6 Å². The molecule has 106 valence electrons. The molecule has 2 N–H and O–H groups in total. The maximum atomic E-state index is 13.7. The van der Waals surface area contributed by atoms with Crippen LogP contribution in [0.15, 0.2) is 23.1 Å². The van der Waals surface area contributed by atoms with Gasteiger partial charge in [0.05, 0.1) is 6.61 Å². The molecule has 0 aliphatic heterocycles. The van der Waals surface area contributed by atoms with E-state index in [1.807, 2.05) is 0 Å². The van der Waals surface area contributed by atoms with Gasteiger partial charge in [-0.3, -0.25) is 0 Å². The van der Waals surface area contributed by atoms with Crippen molar-refractivity contribution in [3.05, 3.63) is 29.6 Å². The van der Waals surface area contributed by atoms with E-state index in [4.69, 9.17) is 5.11 Å². The molecular weight excluding hydrogens is 269 g/mol. The Morgan fingerprint density at radius 2 is 2.16 bits per heavy atom. The van der Waals surface area contributed by atoms with E-state index in [0.717, 1.165) is 25.3 Å². The van der Waals surface area contributed by atoms with Crippen molar-refractivity contribution < 1.29 is 17.9 Å². The van der Waals surface area contributed by atoms with Crippen LogP contribution in [0.2, 0.25) is 0 Å². The van der Waals surface area contributed by atoms with E-state index in [-0.39, 0.29) is 12.6 Å². The molecule has 1 aliphatic rings. The first-order chi connectivity index (χ1) is 8.92. The molecule has 1 saturated carbocycles. The third-order valence-electron chi connectivity index (χ3n) is 3.48. The lowest BCUT2D eigenvalue weighted by Gasteiger charge is -2.14. The molecule has 0 radical (unpaired) electrons. The number of hydrogen-bond donors (Lipinski definition) is 2. The second kappa shape index (κ2) is 5.56. The van der Waals surface area contributed by atoms with Gasteiger partial charge in [-0.05, 0) is 42.9 Å². The number of rotatable bonds is 4. The van der Waals surface area contributed by atoms with Crippen molar-refractivity contribution in [2.24, 2.45) is 5.92 Å². The Bertz CT molecular complexity index is 559. The number of hydrogen-bond acceptors (Lipinski definition) is 3. The Morgan fingerprint density at radius 3 is 2.74 bits per heavy atom. The number of aliphatic hydroxyl groups is 1. The fourth-order valence-corrected chi connectivity index (χ4v) is 3.86. The van der Waals surface area contributed by atoms with Crippen LogP contribution in [0, 0.1) is 11.7 Å². The molecule has 0 heterocycles. The van der Waals surface area contributed by atoms with Gasteiger partial charge in [0.1, 0.15) is 10.7 Å². The van der Waals surface area contributed by atoms with Gasteiger partial charge in [0.15, 0.2) is 0 Å². The molecular formula is C13H18FNO3S. The fraction of sp³-hybridized carbons (Fsp3) is 0.538. The lowest BCUT2D eigenvalue weighted by molar-refractivity contribution is 0.281. The third-order valence-corrected chi connectivity index (χ3v) is 5.02. The van der Waals surface area contributed by atoms with Crippen LogP contribution in [0.3, 0.4) is 0 Å². The summed E-state index contributed by atoms with van der Waals surface area (Å²) in [6, 6.07) is 3.48. The average molecular weight is 287 g/mol. The van der Waals surface area contributed by atoms with Gasteiger partial charge in [-0.2, -0.15) is 0 Å². The second-order valence-corrected chi connectivity index (χ2v) is 6.84. The van der Waals surface area contributed by atoms with Gasteiger partial charge in [0.2, 0.25) is 10.0 Å². The zero-order valence-corrected chi connectivity index (χ0v) is 11.6. The first kappa shape index (κ1) is 14.4. The highest BCUT2D eigenvalue weighted by Crippen LogP contribution is 2.26. The van der Waals surface area contributed by atoms with Crippen LogP contribution in [0.1, 0.15) is 31.7 Å². The number of aliphatic hydroxyl groups excluding tert-OH is 1. The molecule has 1 aliphatic carbocycles. The molecule has 0 saturated heterocycles. The van der Waals surface area contributed by atoms with Gasteiger partial charge in [-0.1, -0.05) is 13.0 Å². The van der Waals surface area contributed by atoms with E-state index in [1.165, 1.54) is 12.1 Å². The lowest BCUT2D eigenvalue weighted by Crippen LogP contribution is -2.33. The molecule has 0 spiro atoms. The molecule has 1 aromatic carbocycles. The Kier molecular flexibility index (Phi) is 4.23. The number of sulfonamides is 1. The molecule has 0 aromatic heterocycles. The average Bonchev–Trinajstić information content (AvgIpc) is 2.74. The summed E-state index contributed by atoms with van der Waals surface area (Å²) in [6.45, 7) is 1.75. The van der Waals surface area contributed by atoms with E-state index in [9.17, 15) is 12.8 Å². The highest BCUT2D eigenvalue weighted by atomic mass is 32.2. The smallest absolute Gasteiger partial charge is 0.243 e. The highest BCUT2D eigenvalue weighted by molar-refractivity contribution is 7.89. The predicted octanol–water partition coefficient (Wildman–Crippen LogP) is 1.78. The van der Waals surface area contributed by atoms with E-state index >= 15 is 0 Å². The van der Waals surface area contributed by atoms with Crippen molar-refractivity contribution in [2.75, 3.05) is 0 Å². The van der Waals surface area contributed by atoms with Crippen molar-refractivity contribution in [3.8, 4) is 0 Å². The van der Waals surface area contributed by atoms with E-state index in [0.29, 0.717) is 11.5 Å². The third kappa shape index (κ3) is 3.32. The summed E-state index contributed by atoms with van der Waals surface area (Å²) in [6.07, 6.45) is 2.54. The molecule has 0 bridgehead atoms. The summed E-state index contributed by atoms with van der Waals surface area (Å²) in [5.41, 5.74) is 0.376. The second-order valence-electron chi connectivity index (χ2n) is 5.16. The van der Waals surface area contributed by atoms with Crippen LogP contribution in [0.25, 0.3) is 0 Å². The number of nitrogens with one attached hydrogen (secondary N) is 1. The zero-order chi connectivity index (χ0) is 14.0. The van der Waals surface area contributed by atoms with Crippen molar-refractivity contribution in [1.29, 1.82) is 0 Å². The predicted molar refractivity (Wildman–Crippen MR) is 69.4 cm³/mol. The first-order valence-electron chi connectivity index (χ1n) is 6.34. The van der Waals surface area contributed by atoms with E-state index in [1.54, 1.807) is 0 Å². The zero-order valence-electron chi connectivity index (χ0n) is 10.8. The van der Waals surface area contributed by atoms with Crippen LogP contribution in [-0.4, -0.2) is 19.6 Å². The Labute approximate surface area is 112 Å². The lowest BCUT2D eigenvalue weighted by atomic mass is 10.1. The first-order valence-corrected chi connectivity index (χ1v) is 7.82. The maximum absolute atomic E-state index is 13.7. The van der Waals surface area contributed by atoms with Gasteiger partial charge < -0.3 is 5.11 Å². The maximum Gasteiger partial charge on any atom is 0.243 e. The normalized spacial score (nSPS) is 23.7. The SMILES string of the molecule is CC1CCC(NS(=O)(=O)c2cc(CO)ccc2F)C1. The number of halogens is 1. The fourth-order valence-electron chi connectivity index (χ4n) is 2.45. The summed E-state index contributed by atoms with van der Waals surface area (Å²) in [4.78, 5) is -0.390. The Hall–Kier alpha value is -0.980. The largest absolute Gasteiger partial charge is 0.392 e. The van der Waals surface area contributed by atoms with Crippen molar-refractivity contribution in [2.45, 2.75) is 43.7 Å². The molecule has 2 rings (SSSR count). The summed E-state index contributed by atoms with van der Waals surface area (Å²) in [5, 5.41) is 9.00. The molecule has 2 atom stereocenters. The minimum atomic E-state index is -3.87. The van der Waals surface area contributed by atoms with Crippen LogP contribution in [0.5, 0.6) is 0 Å². The van der Waals surface area contributed by atoms with Gasteiger partial charge in [-0.15, -0.1) is 0 Å². The van der Waals surface area contributed by atoms with Gasteiger partial charge in [0, 0.05) is 6.04 Å². The molecule has 19 heavy (non-hydrogen) atoms. The van der Waals surface area contributed by atoms with Crippen molar-refractivity contribution in [1.82, 2.24) is 4.72 Å². The quantitative estimate of drug-likeness (QED) is 0.887. The topological polar surface area (TPSA) is 66.4 Å². The van der Waals surface area contributed by atoms with Crippen LogP contribution >= 0.6 is 0 Å². The molecule has 6 heteroatoms. The van der Waals surface area contributed by atoms with Gasteiger partial charge in [-0.25, -0.2) is 17.5 Å². The minimum absolute atomic E-state index is 0.128. The minimum Gasteiger partial charge on any atom is -0.392 e. The van der Waals surface area contributed by atoms with E-state index < -0.39 is 20.7 Å². The Morgan fingerprint density at radius 1 is 1.42 bits per heavy atom. The summed E-state index contributed by atoms with van der Waals surface area (Å²) in [5.74, 6) is -0.308. The summed E-state index contributed by atoms with van der Waals surface area (Å²) >= 11 is 0. The van der Waals surface area contributed by atoms with Crippen LogP contribution < -0.4 is 4.72 Å². The molecule has 4 nitrogen and oxygen atoms in total. The van der Waals surface area contributed by atoms with E-state index in [2.05, 4.69) is 11.6 Å². The monoisotopic (exact) mass is 287 g/mol. The number of benzene rings is 1. The molecule has 1 fully saturated rings. The summed E-state index contributed by atoms with van der Waals surface area (Å²) in [7, 11) is -3.87.